The summed E-state index contributed by atoms with van der Waals surface area (Å²) in [6.45, 7) is 4.44. The van der Waals surface area contributed by atoms with Crippen LogP contribution in [0.25, 0.3) is 0 Å². The van der Waals surface area contributed by atoms with Crippen LogP contribution in [-0.2, 0) is 0 Å². The van der Waals surface area contributed by atoms with Gasteiger partial charge in [-0.05, 0) is 36.8 Å². The van der Waals surface area contributed by atoms with Gasteiger partial charge < -0.3 is 11.1 Å². The summed E-state index contributed by atoms with van der Waals surface area (Å²) in [7, 11) is 0. The molecule has 1 atom stereocenters. The second-order valence-electron chi connectivity index (χ2n) is 5.94. The molecule has 1 amide bonds. The SMILES string of the molecule is CC1(C)CCC(NC(=O)c2cc(N)c(Cl)c(Cl)c2)C1. The molecule has 0 saturated heterocycles. The van der Waals surface area contributed by atoms with E-state index in [1.54, 1.807) is 12.1 Å². The molecule has 5 heteroatoms. The number of hydrogen-bond acceptors (Lipinski definition) is 2. The van der Waals surface area contributed by atoms with Crippen molar-refractivity contribution in [3.05, 3.63) is 27.7 Å². The van der Waals surface area contributed by atoms with Crippen molar-refractivity contribution >= 4 is 34.8 Å². The van der Waals surface area contributed by atoms with Crippen LogP contribution in [0.3, 0.4) is 0 Å². The zero-order valence-corrected chi connectivity index (χ0v) is 12.6. The molecule has 0 spiro atoms. The first kappa shape index (κ1) is 14.5. The van der Waals surface area contributed by atoms with E-state index in [1.807, 2.05) is 0 Å². The smallest absolute Gasteiger partial charge is 0.251 e. The molecule has 1 saturated carbocycles. The molecule has 3 N–H and O–H groups in total. The van der Waals surface area contributed by atoms with Crippen LogP contribution in [0.4, 0.5) is 5.69 Å². The van der Waals surface area contributed by atoms with Crippen LogP contribution in [0.1, 0.15) is 43.5 Å². The Morgan fingerprint density at radius 2 is 2.11 bits per heavy atom. The lowest BCUT2D eigenvalue weighted by molar-refractivity contribution is 0.0936. The van der Waals surface area contributed by atoms with E-state index in [4.69, 9.17) is 28.9 Å². The van der Waals surface area contributed by atoms with E-state index >= 15 is 0 Å². The molecule has 1 unspecified atom stereocenters. The van der Waals surface area contributed by atoms with Crippen LogP contribution in [0, 0.1) is 5.41 Å². The number of hydrogen-bond donors (Lipinski definition) is 2. The van der Waals surface area contributed by atoms with Gasteiger partial charge in [0.25, 0.3) is 5.91 Å². The zero-order valence-electron chi connectivity index (χ0n) is 11.1. The summed E-state index contributed by atoms with van der Waals surface area (Å²) < 4.78 is 0. The maximum Gasteiger partial charge on any atom is 0.251 e. The molecule has 3 nitrogen and oxygen atoms in total. The first-order valence-corrected chi connectivity index (χ1v) is 7.09. The van der Waals surface area contributed by atoms with Crippen molar-refractivity contribution in [2.24, 2.45) is 5.41 Å². The summed E-state index contributed by atoms with van der Waals surface area (Å²) in [6, 6.07) is 3.33. The molecular weight excluding hydrogens is 283 g/mol. The highest BCUT2D eigenvalue weighted by Gasteiger charge is 2.31. The van der Waals surface area contributed by atoms with Crippen LogP contribution in [0.5, 0.6) is 0 Å². The monoisotopic (exact) mass is 300 g/mol. The van der Waals surface area contributed by atoms with E-state index in [-0.39, 0.29) is 11.9 Å². The molecule has 19 heavy (non-hydrogen) atoms. The van der Waals surface area contributed by atoms with E-state index < -0.39 is 0 Å². The fraction of sp³-hybridized carbons (Fsp3) is 0.500. The molecule has 0 aliphatic heterocycles. The molecule has 0 aromatic heterocycles. The van der Waals surface area contributed by atoms with E-state index in [2.05, 4.69) is 19.2 Å². The number of nitrogens with two attached hydrogens (primary N) is 1. The minimum absolute atomic E-state index is 0.145. The van der Waals surface area contributed by atoms with Crippen molar-refractivity contribution in [3.63, 3.8) is 0 Å². The fourth-order valence-corrected chi connectivity index (χ4v) is 2.91. The molecule has 1 aromatic rings. The molecular formula is C14H18Cl2N2O. The van der Waals surface area contributed by atoms with Gasteiger partial charge in [0.2, 0.25) is 0 Å². The second-order valence-corrected chi connectivity index (χ2v) is 6.72. The van der Waals surface area contributed by atoms with Gasteiger partial charge in [0.1, 0.15) is 0 Å². The van der Waals surface area contributed by atoms with E-state index in [9.17, 15) is 4.79 Å². The van der Waals surface area contributed by atoms with E-state index in [0.717, 1.165) is 19.3 Å². The molecule has 2 rings (SSSR count). The Morgan fingerprint density at radius 3 is 2.63 bits per heavy atom. The third-order valence-electron chi connectivity index (χ3n) is 3.62. The summed E-state index contributed by atoms with van der Waals surface area (Å²) in [5.74, 6) is -0.145. The molecule has 0 radical (unpaired) electrons. The van der Waals surface area contributed by atoms with Crippen LogP contribution < -0.4 is 11.1 Å². The third kappa shape index (κ3) is 3.34. The second kappa shape index (κ2) is 5.22. The quantitative estimate of drug-likeness (QED) is 0.814. The topological polar surface area (TPSA) is 55.1 Å². The van der Waals surface area contributed by atoms with Gasteiger partial charge >= 0.3 is 0 Å². The average Bonchev–Trinajstić information content (AvgIpc) is 2.64. The zero-order chi connectivity index (χ0) is 14.2. The van der Waals surface area contributed by atoms with Crippen molar-refractivity contribution in [1.29, 1.82) is 0 Å². The Labute approximate surface area is 123 Å². The van der Waals surface area contributed by atoms with Gasteiger partial charge in [-0.3, -0.25) is 4.79 Å². The molecule has 1 aromatic carbocycles. The average molecular weight is 301 g/mol. The van der Waals surface area contributed by atoms with Gasteiger partial charge in [-0.15, -0.1) is 0 Å². The molecule has 1 fully saturated rings. The van der Waals surface area contributed by atoms with Crippen LogP contribution in [-0.4, -0.2) is 11.9 Å². The number of rotatable bonds is 2. The van der Waals surface area contributed by atoms with Gasteiger partial charge in [0.05, 0.1) is 15.7 Å². The molecule has 1 aliphatic carbocycles. The highest BCUT2D eigenvalue weighted by Crippen LogP contribution is 2.37. The Kier molecular flexibility index (Phi) is 3.98. The number of nitrogens with one attached hydrogen (secondary N) is 1. The Morgan fingerprint density at radius 1 is 1.42 bits per heavy atom. The van der Waals surface area contributed by atoms with Gasteiger partial charge in [-0.2, -0.15) is 0 Å². The maximum absolute atomic E-state index is 12.2. The van der Waals surface area contributed by atoms with Gasteiger partial charge in [0, 0.05) is 11.6 Å². The Balaban J connectivity index is 2.09. The van der Waals surface area contributed by atoms with Gasteiger partial charge in [-0.25, -0.2) is 0 Å². The lowest BCUT2D eigenvalue weighted by atomic mass is 9.92. The number of nitrogen functional groups attached to an aromatic ring is 1. The summed E-state index contributed by atoms with van der Waals surface area (Å²) in [5, 5.41) is 3.62. The lowest BCUT2D eigenvalue weighted by Crippen LogP contribution is -2.33. The molecule has 0 heterocycles. The molecule has 104 valence electrons. The van der Waals surface area contributed by atoms with E-state index in [0.29, 0.717) is 26.7 Å². The number of halogens is 2. The fourth-order valence-electron chi connectivity index (χ4n) is 2.57. The molecule has 0 bridgehead atoms. The number of benzene rings is 1. The van der Waals surface area contributed by atoms with Crippen molar-refractivity contribution < 1.29 is 4.79 Å². The normalized spacial score (nSPS) is 21.4. The van der Waals surface area contributed by atoms with Crippen LogP contribution in [0.2, 0.25) is 10.0 Å². The molecule has 1 aliphatic rings. The summed E-state index contributed by atoms with van der Waals surface area (Å²) in [4.78, 5) is 12.2. The number of carbonyl (C=O) groups excluding carboxylic acids is 1. The summed E-state index contributed by atoms with van der Waals surface area (Å²) >= 11 is 11.8. The summed E-state index contributed by atoms with van der Waals surface area (Å²) in [6.07, 6.45) is 3.13. The first-order chi connectivity index (χ1) is 8.78. The first-order valence-electron chi connectivity index (χ1n) is 6.34. The van der Waals surface area contributed by atoms with Crippen molar-refractivity contribution in [2.45, 2.75) is 39.2 Å². The number of anilines is 1. The minimum Gasteiger partial charge on any atom is -0.397 e. The third-order valence-corrected chi connectivity index (χ3v) is 4.44. The summed E-state index contributed by atoms with van der Waals surface area (Å²) in [5.41, 5.74) is 6.79. The predicted molar refractivity (Wildman–Crippen MR) is 79.8 cm³/mol. The minimum atomic E-state index is -0.145. The number of amides is 1. The Bertz CT molecular complexity index is 491. The van der Waals surface area contributed by atoms with Crippen LogP contribution in [0.15, 0.2) is 12.1 Å². The van der Waals surface area contributed by atoms with Gasteiger partial charge in [-0.1, -0.05) is 37.0 Å². The largest absolute Gasteiger partial charge is 0.397 e. The Hall–Kier alpha value is -0.930. The van der Waals surface area contributed by atoms with Crippen LogP contribution >= 0.6 is 23.2 Å². The lowest BCUT2D eigenvalue weighted by Gasteiger charge is -2.18. The standard InChI is InChI=1S/C14H18Cl2N2O/c1-14(2)4-3-9(7-14)18-13(19)8-5-10(15)12(16)11(17)6-8/h5-6,9H,3-4,7,17H2,1-2H3,(H,18,19). The van der Waals surface area contributed by atoms with Crippen molar-refractivity contribution in [1.82, 2.24) is 5.32 Å². The van der Waals surface area contributed by atoms with Crippen molar-refractivity contribution in [2.75, 3.05) is 5.73 Å². The van der Waals surface area contributed by atoms with Crippen molar-refractivity contribution in [3.8, 4) is 0 Å². The number of carbonyl (C=O) groups is 1. The maximum atomic E-state index is 12.2. The highest BCUT2D eigenvalue weighted by molar-refractivity contribution is 6.43. The van der Waals surface area contributed by atoms with Gasteiger partial charge in [0.15, 0.2) is 0 Å². The van der Waals surface area contributed by atoms with E-state index in [1.165, 1.54) is 0 Å². The highest BCUT2D eigenvalue weighted by atomic mass is 35.5. The predicted octanol–water partition coefficient (Wildman–Crippen LogP) is 3.88.